The number of hydrogen-bond donors (Lipinski definition) is 3. The Bertz CT molecular complexity index is 8100. The fourth-order valence-corrected chi connectivity index (χ4v) is 21.1. The minimum Gasteiger partial charge on any atom is -0.384 e. The summed E-state index contributed by atoms with van der Waals surface area (Å²) in [5, 5.41) is 49.8. The van der Waals surface area contributed by atoms with Crippen LogP contribution < -0.4 is 0 Å². The van der Waals surface area contributed by atoms with E-state index in [4.69, 9.17) is 0 Å². The van der Waals surface area contributed by atoms with Gasteiger partial charge in [-0.1, -0.05) is 358 Å². The summed E-state index contributed by atoms with van der Waals surface area (Å²) < 4.78 is 7.05. The molecule has 23 aromatic rings. The molecule has 0 spiro atoms. The van der Waals surface area contributed by atoms with E-state index in [9.17, 15) is 15.3 Å². The zero-order chi connectivity index (χ0) is 88.0. The largest absolute Gasteiger partial charge is 0.384 e. The second-order valence-corrected chi connectivity index (χ2v) is 35.7. The fourth-order valence-electron chi connectivity index (χ4n) is 21.1. The first-order valence-electron chi connectivity index (χ1n) is 45.3. The quantitative estimate of drug-likeness (QED) is 0.0707. The van der Waals surface area contributed by atoms with Crippen LogP contribution in [-0.4, -0.2) is 29.0 Å². The van der Waals surface area contributed by atoms with Crippen molar-refractivity contribution in [1.82, 2.24) is 13.7 Å². The lowest BCUT2D eigenvalue weighted by atomic mass is 9.74. The molecule has 6 nitrogen and oxygen atoms in total. The highest BCUT2D eigenvalue weighted by atomic mass is 16.3. The average molecular weight is 1680 g/mol. The summed E-state index contributed by atoms with van der Waals surface area (Å²) in [6.45, 7) is 13.5. The van der Waals surface area contributed by atoms with Gasteiger partial charge in [0, 0.05) is 66.6 Å². The van der Waals surface area contributed by atoms with E-state index in [0.717, 1.165) is 56.0 Å². The SMILES string of the molecule is Cc1ccc2c(c1)c1cc(C(C)c3ccc4ccc5cccc6ccc3c4c56)ccc1n2-c1ccc(C(O)c2ccccc2)cc1.Cc1ccc2c(c1)c1cc(C(C)c3ccccc3)ccc1n2-c1ccc(C(O)(c2ccccc2)c2ccccc2)cc1.Cc1ccc2c(c1)c1cc(C3(C)c4ccccc4-c4ccccc43)ccc1n2-c1ccc(C(O)c2ccccc2)cc1. The summed E-state index contributed by atoms with van der Waals surface area (Å²) in [6.07, 6.45) is -1.30. The third kappa shape index (κ3) is 13.8. The third-order valence-electron chi connectivity index (χ3n) is 28.0. The Morgan fingerprint density at radius 1 is 0.254 bits per heavy atom. The van der Waals surface area contributed by atoms with Crippen molar-refractivity contribution in [3.63, 3.8) is 0 Å². The smallest absolute Gasteiger partial charge is 0.140 e. The normalized spacial score (nSPS) is 13.4. The van der Waals surface area contributed by atoms with E-state index in [0.29, 0.717) is 5.92 Å². The number of benzene rings is 20. The van der Waals surface area contributed by atoms with E-state index in [1.54, 1.807) is 0 Å². The van der Waals surface area contributed by atoms with Crippen LogP contribution in [0.15, 0.2) is 437 Å². The Morgan fingerprint density at radius 2 is 0.577 bits per heavy atom. The van der Waals surface area contributed by atoms with Gasteiger partial charge in [-0.15, -0.1) is 0 Å². The minimum atomic E-state index is -1.26. The summed E-state index contributed by atoms with van der Waals surface area (Å²) in [4.78, 5) is 0. The maximum atomic E-state index is 12.3. The molecule has 3 N–H and O–H groups in total. The number of aromatic nitrogens is 3. The van der Waals surface area contributed by atoms with Gasteiger partial charge in [0.2, 0.25) is 0 Å². The van der Waals surface area contributed by atoms with Gasteiger partial charge < -0.3 is 29.0 Å². The molecular weight excluding hydrogens is 1580 g/mol. The molecule has 0 radical (unpaired) electrons. The molecule has 0 aliphatic heterocycles. The van der Waals surface area contributed by atoms with Crippen molar-refractivity contribution in [3.8, 4) is 28.2 Å². The summed E-state index contributed by atoms with van der Waals surface area (Å²) in [5.41, 5.74) is 30.6. The second kappa shape index (κ2) is 32.9. The second-order valence-electron chi connectivity index (χ2n) is 35.7. The lowest BCUT2D eigenvalue weighted by Gasteiger charge is -2.30. The molecule has 130 heavy (non-hydrogen) atoms. The summed E-state index contributed by atoms with van der Waals surface area (Å²) in [7, 11) is 0. The van der Waals surface area contributed by atoms with Crippen LogP contribution >= 0.6 is 0 Å². The molecule has 0 saturated heterocycles. The first-order chi connectivity index (χ1) is 63.6. The van der Waals surface area contributed by atoms with Gasteiger partial charge in [0.1, 0.15) is 17.8 Å². The topological polar surface area (TPSA) is 75.5 Å². The van der Waals surface area contributed by atoms with Crippen molar-refractivity contribution in [2.24, 2.45) is 0 Å². The minimum absolute atomic E-state index is 0.218. The molecule has 24 rings (SSSR count). The zero-order valence-electron chi connectivity index (χ0n) is 73.6. The number of hydrogen-bond acceptors (Lipinski definition) is 3. The van der Waals surface area contributed by atoms with Crippen LogP contribution in [-0.2, 0) is 11.0 Å². The van der Waals surface area contributed by atoms with E-state index in [1.807, 2.05) is 146 Å². The van der Waals surface area contributed by atoms with E-state index in [2.05, 4.69) is 346 Å². The Labute approximate surface area is 757 Å². The molecule has 1 aliphatic rings. The highest BCUT2D eigenvalue weighted by Gasteiger charge is 2.41. The molecule has 6 heteroatoms. The molecule has 1 aliphatic carbocycles. The van der Waals surface area contributed by atoms with Gasteiger partial charge in [-0.3, -0.25) is 0 Å². The number of nitrogens with zero attached hydrogens (tertiary/aromatic N) is 3. The Balaban J connectivity index is 0.000000115. The Morgan fingerprint density at radius 3 is 1.02 bits per heavy atom. The van der Waals surface area contributed by atoms with Crippen molar-refractivity contribution >= 4 is 97.7 Å². The van der Waals surface area contributed by atoms with Crippen LogP contribution in [0, 0.1) is 20.8 Å². The molecule has 626 valence electrons. The first-order valence-corrected chi connectivity index (χ1v) is 45.3. The van der Waals surface area contributed by atoms with E-state index in [-0.39, 0.29) is 11.3 Å². The van der Waals surface area contributed by atoms with Gasteiger partial charge in [-0.05, 0) is 258 Å². The molecule has 20 aromatic carbocycles. The van der Waals surface area contributed by atoms with Crippen LogP contribution in [0.5, 0.6) is 0 Å². The summed E-state index contributed by atoms with van der Waals surface area (Å²) in [5.74, 6) is 0.516. The lowest BCUT2D eigenvalue weighted by molar-refractivity contribution is 0.125. The van der Waals surface area contributed by atoms with Gasteiger partial charge in [0.25, 0.3) is 0 Å². The predicted octanol–water partition coefficient (Wildman–Crippen LogP) is 30.3. The Hall–Kier alpha value is -15.3. The predicted molar refractivity (Wildman–Crippen MR) is 542 cm³/mol. The van der Waals surface area contributed by atoms with Crippen LogP contribution in [0.25, 0.3) is 126 Å². The van der Waals surface area contributed by atoms with Crippen molar-refractivity contribution in [2.45, 2.75) is 76.6 Å². The maximum absolute atomic E-state index is 12.3. The van der Waals surface area contributed by atoms with E-state index in [1.165, 1.54) is 164 Å². The molecule has 3 heterocycles. The fraction of sp³-hybridized carbons (Fsp3) is 0.0968. The zero-order valence-corrected chi connectivity index (χ0v) is 73.6. The van der Waals surface area contributed by atoms with Crippen molar-refractivity contribution < 1.29 is 15.3 Å². The molecule has 3 aromatic heterocycles. The van der Waals surface area contributed by atoms with Gasteiger partial charge in [-0.25, -0.2) is 0 Å². The average Bonchev–Trinajstić information content (AvgIpc) is 1.59. The molecule has 0 saturated carbocycles. The van der Waals surface area contributed by atoms with Crippen LogP contribution in [0.3, 0.4) is 0 Å². The van der Waals surface area contributed by atoms with Crippen molar-refractivity contribution in [3.05, 3.63) is 531 Å². The molecule has 4 atom stereocenters. The van der Waals surface area contributed by atoms with Crippen molar-refractivity contribution in [1.29, 1.82) is 0 Å². The monoisotopic (exact) mass is 1680 g/mol. The summed E-state index contributed by atoms with van der Waals surface area (Å²) in [6, 6.07) is 154. The summed E-state index contributed by atoms with van der Waals surface area (Å²) >= 11 is 0. The number of aliphatic hydroxyl groups is 3. The third-order valence-corrected chi connectivity index (χ3v) is 28.0. The van der Waals surface area contributed by atoms with E-state index >= 15 is 0 Å². The highest BCUT2D eigenvalue weighted by Crippen LogP contribution is 2.54. The van der Waals surface area contributed by atoms with Gasteiger partial charge >= 0.3 is 0 Å². The number of fused-ring (bicyclic) bond motifs is 12. The van der Waals surface area contributed by atoms with Gasteiger partial charge in [0.05, 0.1) is 33.1 Å². The van der Waals surface area contributed by atoms with Gasteiger partial charge in [-0.2, -0.15) is 0 Å². The van der Waals surface area contributed by atoms with Crippen LogP contribution in [0.1, 0.15) is 139 Å². The lowest BCUT2D eigenvalue weighted by Crippen LogP contribution is -2.28. The maximum Gasteiger partial charge on any atom is 0.140 e. The number of aryl methyl sites for hydroxylation is 3. The van der Waals surface area contributed by atoms with Crippen molar-refractivity contribution in [2.75, 3.05) is 0 Å². The highest BCUT2D eigenvalue weighted by molar-refractivity contribution is 6.24. The first kappa shape index (κ1) is 80.5. The molecule has 0 bridgehead atoms. The van der Waals surface area contributed by atoms with Crippen LogP contribution in [0.4, 0.5) is 0 Å². The number of aliphatic hydroxyl groups excluding tert-OH is 2. The molecular formula is C124H97N3O3. The van der Waals surface area contributed by atoms with E-state index < -0.39 is 17.8 Å². The molecule has 0 fully saturated rings. The molecule has 0 amide bonds. The molecule has 4 unspecified atom stereocenters. The standard InChI is InChI=1S/C44H33NO.C40H31NO.C40H33NO/c1-27-11-23-40-38(25-27)39-26-34(18-24-41(39)45(40)35-19-14-33(15-20-35)44(46)32-7-4-3-5-8-32)28(2)36-21-16-31-13-12-29-9-6-10-30-17-22-37(36)43(31)42(29)30;1-26-16-22-37-33(24-26)34-25-29(40(2)35-14-8-6-12-31(35)32-13-7-9-15-36(32)40)19-23-38(34)41(37)30-20-17-28(18-21-30)39(42)27-10-4-3-5-11-27;1-28-18-24-38-36(26-28)37-27-31(29(2)30-12-6-3-7-13-30)19-25-39(37)41(38)35-22-20-34(21-23-35)40(42,32-14-8-4-9-15-32)33-16-10-5-11-17-33/h3-26,28,44,46H,1-2H3;3-25,39,42H,1-2H3;3-27,29,42H,1-2H3. The van der Waals surface area contributed by atoms with Crippen LogP contribution in [0.2, 0.25) is 0 Å². The number of rotatable bonds is 15. The Kier molecular flexibility index (Phi) is 20.4. The van der Waals surface area contributed by atoms with Gasteiger partial charge in [0.15, 0.2) is 0 Å².